The molecular formula is C9H14BrNS. The Bertz CT molecular complexity index is 198. The Hall–Kier alpha value is 0.110. The third-order valence-corrected chi connectivity index (χ3v) is 3.58. The second-order valence-electron chi connectivity index (χ2n) is 2.94. The molecule has 1 atom stereocenters. The molecule has 1 unspecified atom stereocenters. The molecular weight excluding hydrogens is 234 g/mol. The Morgan fingerprint density at radius 2 is 2.50 bits per heavy atom. The van der Waals surface area contributed by atoms with Crippen LogP contribution >= 0.6 is 27.3 Å². The first-order valence-electron chi connectivity index (χ1n) is 4.31. The van der Waals surface area contributed by atoms with E-state index in [4.69, 9.17) is 0 Å². The summed E-state index contributed by atoms with van der Waals surface area (Å²) in [7, 11) is 0. The van der Waals surface area contributed by atoms with Gasteiger partial charge in [-0.25, -0.2) is 4.98 Å². The highest BCUT2D eigenvalue weighted by atomic mass is 79.9. The largest absolute Gasteiger partial charge is 0.250 e. The van der Waals surface area contributed by atoms with E-state index in [0.29, 0.717) is 0 Å². The Kier molecular flexibility index (Phi) is 4.84. The average Bonchev–Trinajstić information content (AvgIpc) is 2.56. The average molecular weight is 248 g/mol. The number of hydrogen-bond acceptors (Lipinski definition) is 2. The lowest BCUT2D eigenvalue weighted by molar-refractivity contribution is 0.533. The van der Waals surface area contributed by atoms with Crippen molar-refractivity contribution < 1.29 is 0 Å². The number of nitrogens with zero attached hydrogens (tertiary/aromatic N) is 1. The molecule has 0 spiro atoms. The Labute approximate surface area is 86.3 Å². The molecule has 0 radical (unpaired) electrons. The van der Waals surface area contributed by atoms with Crippen molar-refractivity contribution in [3.63, 3.8) is 0 Å². The lowest BCUT2D eigenvalue weighted by Gasteiger charge is -2.09. The van der Waals surface area contributed by atoms with Gasteiger partial charge in [0, 0.05) is 23.3 Å². The summed E-state index contributed by atoms with van der Waals surface area (Å²) in [6.45, 7) is 2.23. The number of rotatable bonds is 5. The summed E-state index contributed by atoms with van der Waals surface area (Å²) < 4.78 is 0. The van der Waals surface area contributed by atoms with Gasteiger partial charge in [0.25, 0.3) is 0 Å². The molecule has 0 saturated carbocycles. The molecule has 0 amide bonds. The molecule has 1 aromatic rings. The monoisotopic (exact) mass is 247 g/mol. The van der Waals surface area contributed by atoms with Crippen LogP contribution in [0.25, 0.3) is 0 Å². The lowest BCUT2D eigenvalue weighted by Crippen LogP contribution is -2.05. The normalized spacial score (nSPS) is 13.2. The second kappa shape index (κ2) is 5.70. The summed E-state index contributed by atoms with van der Waals surface area (Å²) in [5, 5.41) is 4.42. The molecule has 1 rings (SSSR count). The SMILES string of the molecule is CCCC(CBr)Cc1nccs1. The van der Waals surface area contributed by atoms with Crippen molar-refractivity contribution in [2.24, 2.45) is 5.92 Å². The van der Waals surface area contributed by atoms with Crippen molar-refractivity contribution >= 4 is 27.3 Å². The number of alkyl halides is 1. The summed E-state index contributed by atoms with van der Waals surface area (Å²) in [5.74, 6) is 0.765. The van der Waals surface area contributed by atoms with Gasteiger partial charge in [-0.15, -0.1) is 11.3 Å². The van der Waals surface area contributed by atoms with Gasteiger partial charge >= 0.3 is 0 Å². The summed E-state index contributed by atoms with van der Waals surface area (Å²) in [6.07, 6.45) is 5.58. The van der Waals surface area contributed by atoms with Crippen LogP contribution in [0.5, 0.6) is 0 Å². The maximum Gasteiger partial charge on any atom is 0.0927 e. The van der Waals surface area contributed by atoms with Gasteiger partial charge in [0.05, 0.1) is 5.01 Å². The molecule has 68 valence electrons. The zero-order valence-corrected chi connectivity index (χ0v) is 9.70. The van der Waals surface area contributed by atoms with Crippen molar-refractivity contribution in [2.45, 2.75) is 26.2 Å². The van der Waals surface area contributed by atoms with Gasteiger partial charge in [-0.2, -0.15) is 0 Å². The maximum atomic E-state index is 4.28. The predicted molar refractivity (Wildman–Crippen MR) is 58.0 cm³/mol. The van der Waals surface area contributed by atoms with Crippen LogP contribution < -0.4 is 0 Å². The molecule has 0 bridgehead atoms. The van der Waals surface area contributed by atoms with E-state index in [-0.39, 0.29) is 0 Å². The van der Waals surface area contributed by atoms with Gasteiger partial charge in [-0.05, 0) is 12.3 Å². The first-order valence-corrected chi connectivity index (χ1v) is 6.31. The summed E-state index contributed by atoms with van der Waals surface area (Å²) in [5.41, 5.74) is 0. The van der Waals surface area contributed by atoms with Crippen molar-refractivity contribution in [3.05, 3.63) is 16.6 Å². The van der Waals surface area contributed by atoms with Crippen molar-refractivity contribution in [1.29, 1.82) is 0 Å². The molecule has 1 heterocycles. The summed E-state index contributed by atoms with van der Waals surface area (Å²) >= 11 is 5.30. The molecule has 0 aliphatic heterocycles. The first-order chi connectivity index (χ1) is 5.86. The van der Waals surface area contributed by atoms with E-state index in [1.807, 2.05) is 11.6 Å². The molecule has 3 heteroatoms. The fraction of sp³-hybridized carbons (Fsp3) is 0.667. The van der Waals surface area contributed by atoms with Crippen LogP contribution in [0.3, 0.4) is 0 Å². The highest BCUT2D eigenvalue weighted by Crippen LogP contribution is 2.17. The number of hydrogen-bond donors (Lipinski definition) is 0. The van der Waals surface area contributed by atoms with Crippen molar-refractivity contribution in [2.75, 3.05) is 5.33 Å². The van der Waals surface area contributed by atoms with E-state index in [2.05, 4.69) is 27.8 Å². The summed E-state index contributed by atoms with van der Waals surface area (Å²) in [4.78, 5) is 4.28. The minimum atomic E-state index is 0.765. The minimum Gasteiger partial charge on any atom is -0.250 e. The third-order valence-electron chi connectivity index (χ3n) is 1.86. The Balaban J connectivity index is 2.37. The highest BCUT2D eigenvalue weighted by molar-refractivity contribution is 9.09. The van der Waals surface area contributed by atoms with Gasteiger partial charge in [-0.3, -0.25) is 0 Å². The molecule has 0 N–H and O–H groups in total. The minimum absolute atomic E-state index is 0.765. The smallest absolute Gasteiger partial charge is 0.0927 e. The molecule has 0 saturated heterocycles. The van der Waals surface area contributed by atoms with E-state index in [0.717, 1.165) is 17.7 Å². The standard InChI is InChI=1S/C9H14BrNS/c1-2-3-8(7-10)6-9-11-4-5-12-9/h4-5,8H,2-3,6-7H2,1H3. The first kappa shape index (κ1) is 10.2. The van der Waals surface area contributed by atoms with Gasteiger partial charge in [-0.1, -0.05) is 29.3 Å². The lowest BCUT2D eigenvalue weighted by atomic mass is 10.0. The van der Waals surface area contributed by atoms with Crippen LogP contribution in [0.2, 0.25) is 0 Å². The molecule has 0 fully saturated rings. The quantitative estimate of drug-likeness (QED) is 0.727. The molecule has 0 aliphatic carbocycles. The fourth-order valence-corrected chi connectivity index (χ4v) is 2.53. The molecule has 0 aliphatic rings. The maximum absolute atomic E-state index is 4.28. The van der Waals surface area contributed by atoms with E-state index in [9.17, 15) is 0 Å². The van der Waals surface area contributed by atoms with E-state index in [1.165, 1.54) is 17.8 Å². The zero-order chi connectivity index (χ0) is 8.81. The topological polar surface area (TPSA) is 12.9 Å². The fourth-order valence-electron chi connectivity index (χ4n) is 1.24. The van der Waals surface area contributed by atoms with Crippen LogP contribution in [0.15, 0.2) is 11.6 Å². The van der Waals surface area contributed by atoms with Crippen LogP contribution in [0.1, 0.15) is 24.8 Å². The van der Waals surface area contributed by atoms with Crippen LogP contribution in [0, 0.1) is 5.92 Å². The van der Waals surface area contributed by atoms with Crippen LogP contribution in [-0.2, 0) is 6.42 Å². The highest BCUT2D eigenvalue weighted by Gasteiger charge is 2.08. The van der Waals surface area contributed by atoms with Crippen LogP contribution in [0.4, 0.5) is 0 Å². The van der Waals surface area contributed by atoms with Crippen molar-refractivity contribution in [1.82, 2.24) is 4.98 Å². The zero-order valence-electron chi connectivity index (χ0n) is 7.29. The van der Waals surface area contributed by atoms with Crippen molar-refractivity contribution in [3.8, 4) is 0 Å². The van der Waals surface area contributed by atoms with E-state index < -0.39 is 0 Å². The third kappa shape index (κ3) is 3.23. The molecule has 12 heavy (non-hydrogen) atoms. The second-order valence-corrected chi connectivity index (χ2v) is 4.57. The summed E-state index contributed by atoms with van der Waals surface area (Å²) in [6, 6.07) is 0. The molecule has 1 nitrogen and oxygen atoms in total. The van der Waals surface area contributed by atoms with Gasteiger partial charge in [0.15, 0.2) is 0 Å². The molecule has 0 aromatic carbocycles. The number of aromatic nitrogens is 1. The predicted octanol–water partition coefficient (Wildman–Crippen LogP) is 3.50. The van der Waals surface area contributed by atoms with E-state index >= 15 is 0 Å². The molecule has 1 aromatic heterocycles. The van der Waals surface area contributed by atoms with Gasteiger partial charge in [0.2, 0.25) is 0 Å². The van der Waals surface area contributed by atoms with Crippen LogP contribution in [-0.4, -0.2) is 10.3 Å². The Morgan fingerprint density at radius 1 is 1.67 bits per heavy atom. The van der Waals surface area contributed by atoms with E-state index in [1.54, 1.807) is 11.3 Å². The van der Waals surface area contributed by atoms with Gasteiger partial charge < -0.3 is 0 Å². The van der Waals surface area contributed by atoms with Gasteiger partial charge in [0.1, 0.15) is 0 Å². The number of thiazole rings is 1. The Morgan fingerprint density at radius 3 is 3.00 bits per heavy atom. The number of halogens is 1.